The summed E-state index contributed by atoms with van der Waals surface area (Å²) in [5, 5.41) is 4.98. The Labute approximate surface area is 193 Å². The third kappa shape index (κ3) is 3.64. The number of hydrogen-bond donors (Lipinski definition) is 0. The van der Waals surface area contributed by atoms with Crippen LogP contribution in [0.1, 0.15) is 67.6 Å². The van der Waals surface area contributed by atoms with Crippen LogP contribution < -0.4 is 10.5 Å². The van der Waals surface area contributed by atoms with Gasteiger partial charge in [-0.1, -0.05) is 0 Å². The number of aromatic nitrogens is 5. The van der Waals surface area contributed by atoms with Gasteiger partial charge in [0.05, 0.1) is 29.4 Å². The first kappa shape index (κ1) is 20.8. The molecule has 174 valence electrons. The molecule has 3 aromatic rings. The van der Waals surface area contributed by atoms with Gasteiger partial charge in [-0.2, -0.15) is 5.10 Å². The topological polar surface area (TPSA) is 78.1 Å². The third-order valence-electron chi connectivity index (χ3n) is 8.18. The first-order valence-electron chi connectivity index (χ1n) is 12.2. The summed E-state index contributed by atoms with van der Waals surface area (Å²) in [4.78, 5) is 25.6. The lowest BCUT2D eigenvalue weighted by Gasteiger charge is -2.34. The van der Waals surface area contributed by atoms with Crippen LogP contribution in [-0.4, -0.2) is 44.0 Å². The van der Waals surface area contributed by atoms with Crippen LogP contribution in [0, 0.1) is 12.3 Å². The minimum Gasteiger partial charge on any atom is -0.370 e. The van der Waals surface area contributed by atoms with Gasteiger partial charge in [0.1, 0.15) is 17.7 Å². The molecule has 33 heavy (non-hydrogen) atoms. The van der Waals surface area contributed by atoms with Crippen molar-refractivity contribution in [2.45, 2.75) is 57.5 Å². The second kappa shape index (κ2) is 7.65. The molecule has 3 fully saturated rings. The number of morpholine rings is 1. The molecule has 2 saturated carbocycles. The van der Waals surface area contributed by atoms with Crippen molar-refractivity contribution >= 4 is 16.7 Å². The molecule has 1 atom stereocenters. The third-order valence-corrected chi connectivity index (χ3v) is 8.18. The Balaban J connectivity index is 1.40. The number of nitrogens with zero attached hydrogens (tertiary/aromatic N) is 6. The molecule has 0 bridgehead atoms. The van der Waals surface area contributed by atoms with Gasteiger partial charge in [-0.25, -0.2) is 9.97 Å². The lowest BCUT2D eigenvalue weighted by molar-refractivity contribution is 0.0395. The molecular weight excluding hydrogens is 416 g/mol. The number of fused-ring (bicyclic) bond motifs is 1. The van der Waals surface area contributed by atoms with Gasteiger partial charge in [0.15, 0.2) is 0 Å². The van der Waals surface area contributed by atoms with Gasteiger partial charge >= 0.3 is 0 Å². The van der Waals surface area contributed by atoms with Gasteiger partial charge in [-0.05, 0) is 56.9 Å². The SMILES string of the molecule is Cc1nc2c(C3CCC4(CC3)CC4)nc(N3CCO[C@H](c4cnn(C)c4)C3)cc2c(=O)n1C. The Morgan fingerprint density at radius 3 is 2.61 bits per heavy atom. The molecule has 3 aliphatic rings. The van der Waals surface area contributed by atoms with Gasteiger partial charge in [-0.3, -0.25) is 14.0 Å². The van der Waals surface area contributed by atoms with Crippen LogP contribution >= 0.6 is 0 Å². The van der Waals surface area contributed by atoms with E-state index in [1.165, 1.54) is 25.7 Å². The maximum absolute atomic E-state index is 13.3. The van der Waals surface area contributed by atoms with Crippen molar-refractivity contribution in [2.24, 2.45) is 19.5 Å². The Morgan fingerprint density at radius 1 is 1.12 bits per heavy atom. The quantitative estimate of drug-likeness (QED) is 0.611. The predicted molar refractivity (Wildman–Crippen MR) is 127 cm³/mol. The molecule has 8 nitrogen and oxygen atoms in total. The molecule has 1 aliphatic heterocycles. The highest BCUT2D eigenvalue weighted by atomic mass is 16.5. The number of aryl methyl sites for hydroxylation is 2. The lowest BCUT2D eigenvalue weighted by Crippen LogP contribution is -2.39. The standard InChI is InChI=1S/C25H32N6O2/c1-16-27-23-19(24(32)30(16)3)12-21(28-22(23)17-4-6-25(7-5-17)8-9-25)31-10-11-33-20(15-31)18-13-26-29(2)14-18/h12-14,17,20H,4-11,15H2,1-3H3/t20-/m0/s1. The van der Waals surface area contributed by atoms with E-state index in [4.69, 9.17) is 14.7 Å². The first-order valence-corrected chi connectivity index (χ1v) is 12.2. The summed E-state index contributed by atoms with van der Waals surface area (Å²) in [7, 11) is 3.72. The Bertz CT molecular complexity index is 1260. The first-order chi connectivity index (χ1) is 15.9. The summed E-state index contributed by atoms with van der Waals surface area (Å²) in [6.07, 6.45) is 11.4. The summed E-state index contributed by atoms with van der Waals surface area (Å²) in [5.41, 5.74) is 3.51. The summed E-state index contributed by atoms with van der Waals surface area (Å²) in [5.74, 6) is 1.97. The van der Waals surface area contributed by atoms with Crippen molar-refractivity contribution < 1.29 is 4.74 Å². The molecule has 6 rings (SSSR count). The molecule has 2 aliphatic carbocycles. The number of hydrogen-bond acceptors (Lipinski definition) is 6. The Morgan fingerprint density at radius 2 is 1.91 bits per heavy atom. The molecule has 8 heteroatoms. The zero-order chi connectivity index (χ0) is 22.7. The zero-order valence-electron chi connectivity index (χ0n) is 19.8. The largest absolute Gasteiger partial charge is 0.370 e. The van der Waals surface area contributed by atoms with Crippen molar-refractivity contribution in [1.82, 2.24) is 24.3 Å². The van der Waals surface area contributed by atoms with Crippen molar-refractivity contribution in [3.05, 3.63) is 45.9 Å². The van der Waals surface area contributed by atoms with E-state index in [2.05, 4.69) is 10.00 Å². The van der Waals surface area contributed by atoms with Crippen LogP contribution in [0.25, 0.3) is 10.9 Å². The van der Waals surface area contributed by atoms with Crippen molar-refractivity contribution in [1.29, 1.82) is 0 Å². The summed E-state index contributed by atoms with van der Waals surface area (Å²) >= 11 is 0. The van der Waals surface area contributed by atoms with E-state index in [1.54, 1.807) is 16.3 Å². The van der Waals surface area contributed by atoms with Gasteiger partial charge < -0.3 is 9.64 Å². The highest BCUT2D eigenvalue weighted by molar-refractivity contribution is 5.83. The summed E-state index contributed by atoms with van der Waals surface area (Å²) in [6.45, 7) is 3.96. The minimum absolute atomic E-state index is 0.00828. The second-order valence-electron chi connectivity index (χ2n) is 10.3. The number of rotatable bonds is 3. The fraction of sp³-hybridized carbons (Fsp3) is 0.600. The van der Waals surface area contributed by atoms with Gasteiger partial charge in [0.2, 0.25) is 0 Å². The monoisotopic (exact) mass is 448 g/mol. The van der Waals surface area contributed by atoms with E-state index < -0.39 is 0 Å². The molecule has 1 spiro atoms. The van der Waals surface area contributed by atoms with Crippen molar-refractivity contribution in [3.8, 4) is 0 Å². The van der Waals surface area contributed by atoms with Crippen LogP contribution in [0.15, 0.2) is 23.3 Å². The highest BCUT2D eigenvalue weighted by Gasteiger charge is 2.45. The lowest BCUT2D eigenvalue weighted by atomic mass is 9.78. The van der Waals surface area contributed by atoms with Crippen LogP contribution in [0.3, 0.4) is 0 Å². The zero-order valence-corrected chi connectivity index (χ0v) is 19.8. The van der Waals surface area contributed by atoms with Crippen molar-refractivity contribution in [2.75, 3.05) is 24.6 Å². The Hall–Kier alpha value is -2.74. The van der Waals surface area contributed by atoms with E-state index >= 15 is 0 Å². The van der Waals surface area contributed by atoms with Crippen LogP contribution in [0.2, 0.25) is 0 Å². The summed E-state index contributed by atoms with van der Waals surface area (Å²) in [6, 6.07) is 1.95. The summed E-state index contributed by atoms with van der Waals surface area (Å²) < 4.78 is 9.50. The normalized spacial score (nSPS) is 22.9. The second-order valence-corrected chi connectivity index (χ2v) is 10.3. The maximum Gasteiger partial charge on any atom is 0.261 e. The van der Waals surface area contributed by atoms with E-state index in [1.807, 2.05) is 32.4 Å². The van der Waals surface area contributed by atoms with Crippen LogP contribution in [0.5, 0.6) is 0 Å². The van der Waals surface area contributed by atoms with Crippen LogP contribution in [0.4, 0.5) is 5.82 Å². The van der Waals surface area contributed by atoms with E-state index in [0.717, 1.165) is 47.8 Å². The van der Waals surface area contributed by atoms with E-state index in [0.29, 0.717) is 29.9 Å². The van der Waals surface area contributed by atoms with Gasteiger partial charge in [0, 0.05) is 44.9 Å². The number of ether oxygens (including phenoxy) is 1. The number of pyridine rings is 1. The average Bonchev–Trinajstić information content (AvgIpc) is 3.44. The van der Waals surface area contributed by atoms with E-state index in [-0.39, 0.29) is 11.7 Å². The fourth-order valence-electron chi connectivity index (χ4n) is 5.68. The smallest absolute Gasteiger partial charge is 0.261 e. The van der Waals surface area contributed by atoms with Crippen molar-refractivity contribution in [3.63, 3.8) is 0 Å². The molecule has 3 aromatic heterocycles. The molecule has 0 N–H and O–H groups in total. The fourth-order valence-corrected chi connectivity index (χ4v) is 5.68. The van der Waals surface area contributed by atoms with Gasteiger partial charge in [-0.15, -0.1) is 0 Å². The highest BCUT2D eigenvalue weighted by Crippen LogP contribution is 2.58. The van der Waals surface area contributed by atoms with E-state index in [9.17, 15) is 4.79 Å². The molecule has 0 aromatic carbocycles. The van der Waals surface area contributed by atoms with Crippen LogP contribution in [-0.2, 0) is 18.8 Å². The molecule has 0 unspecified atom stereocenters. The predicted octanol–water partition coefficient (Wildman–Crippen LogP) is 3.39. The molecule has 0 amide bonds. The number of anilines is 1. The van der Waals surface area contributed by atoms with Gasteiger partial charge in [0.25, 0.3) is 5.56 Å². The molecule has 1 saturated heterocycles. The minimum atomic E-state index is -0.0585. The Kier molecular flexibility index (Phi) is 4.83. The molecule has 0 radical (unpaired) electrons. The maximum atomic E-state index is 13.3. The average molecular weight is 449 g/mol. The molecule has 4 heterocycles. The molecular formula is C25H32N6O2.